The Morgan fingerprint density at radius 2 is 1.92 bits per heavy atom. The molecule has 128 valence electrons. The molecule has 2 aromatic rings. The van der Waals surface area contributed by atoms with Gasteiger partial charge in [-0.3, -0.25) is 9.59 Å². The molecule has 2 atom stereocenters. The molecule has 0 bridgehead atoms. The van der Waals surface area contributed by atoms with Crippen LogP contribution in [0.4, 0.5) is 0 Å². The van der Waals surface area contributed by atoms with E-state index in [1.54, 1.807) is 6.07 Å². The number of aliphatic hydroxyl groups excluding tert-OH is 1. The van der Waals surface area contributed by atoms with E-state index in [4.69, 9.17) is 4.74 Å². The second-order valence-corrected chi connectivity index (χ2v) is 7.31. The zero-order chi connectivity index (χ0) is 17.9. The number of Topliss-reactive ketones (excluding diaryl/α,β-unsaturated/α-hetero) is 2. The number of rotatable bonds is 1. The summed E-state index contributed by atoms with van der Waals surface area (Å²) in [5.41, 5.74) is 1.41. The maximum Gasteiger partial charge on any atom is 0.229 e. The summed E-state index contributed by atoms with van der Waals surface area (Å²) < 4.78 is 5.71. The molecule has 2 aliphatic rings. The van der Waals surface area contributed by atoms with E-state index in [0.29, 0.717) is 23.3 Å². The van der Waals surface area contributed by atoms with Crippen molar-refractivity contribution >= 4 is 22.3 Å². The van der Waals surface area contributed by atoms with Crippen LogP contribution in [0.25, 0.3) is 10.8 Å². The summed E-state index contributed by atoms with van der Waals surface area (Å²) in [6.07, 6.45) is 0. The number of benzene rings is 2. The number of ether oxygens (including phenoxy) is 1. The van der Waals surface area contributed by atoms with Gasteiger partial charge in [0, 0.05) is 22.5 Å². The van der Waals surface area contributed by atoms with Crippen LogP contribution in [0.2, 0.25) is 0 Å². The van der Waals surface area contributed by atoms with Crippen molar-refractivity contribution in [1.82, 2.24) is 0 Å². The lowest BCUT2D eigenvalue weighted by Gasteiger charge is -2.42. The Kier molecular flexibility index (Phi) is 3.38. The number of ketones is 2. The van der Waals surface area contributed by atoms with Gasteiger partial charge in [-0.25, -0.2) is 0 Å². The highest BCUT2D eigenvalue weighted by Gasteiger charge is 2.49. The normalized spacial score (nSPS) is 25.7. The number of allylic oxidation sites excluding steroid dienone is 1. The molecule has 1 aliphatic heterocycles. The molecular formula is C21H20O4. The molecule has 1 aliphatic carbocycles. The van der Waals surface area contributed by atoms with Crippen LogP contribution >= 0.6 is 0 Å². The third-order valence-corrected chi connectivity index (χ3v) is 5.88. The van der Waals surface area contributed by atoms with Crippen molar-refractivity contribution in [3.8, 4) is 0 Å². The third-order valence-electron chi connectivity index (χ3n) is 5.88. The highest BCUT2D eigenvalue weighted by molar-refractivity contribution is 6.30. The predicted molar refractivity (Wildman–Crippen MR) is 94.7 cm³/mol. The molecular weight excluding hydrogens is 316 g/mol. The zero-order valence-corrected chi connectivity index (χ0v) is 14.6. The number of carbonyl (C=O) groups is 2. The standard InChI is InChI=1S/C21H20O4/c1-11-5-4-6-14-13(11)7-8-15-16(14)19(24)20-17(18(15)23)21(3,10-22)12(2)9-25-20/h4-8,12,22H,9-10H2,1-3H3. The van der Waals surface area contributed by atoms with E-state index in [9.17, 15) is 14.7 Å². The van der Waals surface area contributed by atoms with Crippen molar-refractivity contribution in [1.29, 1.82) is 0 Å². The first-order valence-corrected chi connectivity index (χ1v) is 8.50. The highest BCUT2D eigenvalue weighted by Crippen LogP contribution is 2.46. The van der Waals surface area contributed by atoms with Crippen LogP contribution in [0.3, 0.4) is 0 Å². The van der Waals surface area contributed by atoms with Crippen LogP contribution in [-0.4, -0.2) is 29.9 Å². The van der Waals surface area contributed by atoms with Crippen LogP contribution in [0.5, 0.6) is 0 Å². The predicted octanol–water partition coefficient (Wildman–Crippen LogP) is 3.45. The Labute approximate surface area is 146 Å². The second-order valence-electron chi connectivity index (χ2n) is 7.31. The van der Waals surface area contributed by atoms with Crippen molar-refractivity contribution in [2.24, 2.45) is 11.3 Å². The van der Waals surface area contributed by atoms with Crippen LogP contribution < -0.4 is 0 Å². The van der Waals surface area contributed by atoms with Crippen LogP contribution in [0.15, 0.2) is 41.7 Å². The van der Waals surface area contributed by atoms with E-state index in [1.807, 2.05) is 45.0 Å². The summed E-state index contributed by atoms with van der Waals surface area (Å²) in [4.78, 5) is 26.5. The monoisotopic (exact) mass is 336 g/mol. The summed E-state index contributed by atoms with van der Waals surface area (Å²) in [5.74, 6) is -0.415. The molecule has 0 amide bonds. The van der Waals surface area contributed by atoms with Gasteiger partial charge in [0.15, 0.2) is 11.5 Å². The lowest BCUT2D eigenvalue weighted by molar-refractivity contribution is 0.0254. The fourth-order valence-corrected chi connectivity index (χ4v) is 3.94. The number of hydrogen-bond donors (Lipinski definition) is 1. The first-order chi connectivity index (χ1) is 11.9. The highest BCUT2D eigenvalue weighted by atomic mass is 16.5. The number of aliphatic hydroxyl groups is 1. The Balaban J connectivity index is 2.04. The summed E-state index contributed by atoms with van der Waals surface area (Å²) in [6, 6.07) is 9.36. The van der Waals surface area contributed by atoms with E-state index < -0.39 is 5.41 Å². The zero-order valence-electron chi connectivity index (χ0n) is 14.6. The Bertz CT molecular complexity index is 969. The molecule has 0 radical (unpaired) electrons. The van der Waals surface area contributed by atoms with Gasteiger partial charge in [0.05, 0.1) is 18.8 Å². The minimum atomic E-state index is -0.778. The van der Waals surface area contributed by atoms with Crippen molar-refractivity contribution in [3.63, 3.8) is 0 Å². The lowest BCUT2D eigenvalue weighted by Crippen LogP contribution is -2.45. The van der Waals surface area contributed by atoms with Gasteiger partial charge in [-0.2, -0.15) is 0 Å². The molecule has 0 saturated carbocycles. The summed E-state index contributed by atoms with van der Waals surface area (Å²) in [7, 11) is 0. The van der Waals surface area contributed by atoms with Gasteiger partial charge in [0.1, 0.15) is 0 Å². The number of hydrogen-bond acceptors (Lipinski definition) is 4. The van der Waals surface area contributed by atoms with Crippen LogP contribution in [0.1, 0.15) is 40.1 Å². The largest absolute Gasteiger partial charge is 0.489 e. The van der Waals surface area contributed by atoms with Crippen molar-refractivity contribution < 1.29 is 19.4 Å². The van der Waals surface area contributed by atoms with Gasteiger partial charge >= 0.3 is 0 Å². The fourth-order valence-electron chi connectivity index (χ4n) is 3.94. The van der Waals surface area contributed by atoms with Crippen LogP contribution in [0, 0.1) is 18.3 Å². The van der Waals surface area contributed by atoms with E-state index >= 15 is 0 Å². The molecule has 2 unspecified atom stereocenters. The van der Waals surface area contributed by atoms with E-state index in [0.717, 1.165) is 16.3 Å². The molecule has 4 heteroatoms. The van der Waals surface area contributed by atoms with Crippen molar-refractivity contribution in [2.45, 2.75) is 20.8 Å². The number of aryl methyl sites for hydroxylation is 1. The fraction of sp³-hybridized carbons (Fsp3) is 0.333. The molecule has 0 spiro atoms. The second kappa shape index (κ2) is 5.27. The van der Waals surface area contributed by atoms with E-state index in [1.165, 1.54) is 0 Å². The van der Waals surface area contributed by atoms with Gasteiger partial charge in [0.2, 0.25) is 5.78 Å². The Morgan fingerprint density at radius 3 is 2.64 bits per heavy atom. The SMILES string of the molecule is Cc1cccc2c3c(ccc12)C(=O)C1=C(OCC(C)C1(C)CO)C3=O. The van der Waals surface area contributed by atoms with Crippen LogP contribution in [-0.2, 0) is 4.74 Å². The average molecular weight is 336 g/mol. The molecule has 0 aromatic heterocycles. The Hall–Kier alpha value is -2.46. The molecule has 1 N–H and O–H groups in total. The third kappa shape index (κ3) is 1.97. The molecule has 2 aromatic carbocycles. The van der Waals surface area contributed by atoms with E-state index in [-0.39, 0.29) is 29.9 Å². The smallest absolute Gasteiger partial charge is 0.229 e. The first kappa shape index (κ1) is 16.0. The van der Waals surface area contributed by atoms with Crippen molar-refractivity contribution in [3.05, 3.63) is 58.4 Å². The van der Waals surface area contributed by atoms with Gasteiger partial charge in [-0.05, 0) is 29.3 Å². The average Bonchev–Trinajstić information content (AvgIpc) is 2.61. The van der Waals surface area contributed by atoms with Gasteiger partial charge < -0.3 is 9.84 Å². The Morgan fingerprint density at radius 1 is 1.16 bits per heavy atom. The van der Waals surface area contributed by atoms with Gasteiger partial charge in [-0.15, -0.1) is 0 Å². The molecule has 25 heavy (non-hydrogen) atoms. The molecule has 0 fully saturated rings. The topological polar surface area (TPSA) is 63.6 Å². The summed E-state index contributed by atoms with van der Waals surface area (Å²) >= 11 is 0. The molecule has 0 saturated heterocycles. The quantitative estimate of drug-likeness (QED) is 0.866. The number of carbonyl (C=O) groups excluding carboxylic acids is 2. The van der Waals surface area contributed by atoms with Gasteiger partial charge in [0.25, 0.3) is 0 Å². The summed E-state index contributed by atoms with van der Waals surface area (Å²) in [5, 5.41) is 11.7. The molecule has 4 rings (SSSR count). The minimum Gasteiger partial charge on any atom is -0.489 e. The van der Waals surface area contributed by atoms with Gasteiger partial charge in [-0.1, -0.05) is 38.1 Å². The molecule has 4 nitrogen and oxygen atoms in total. The molecule has 1 heterocycles. The maximum atomic E-state index is 13.2. The lowest BCUT2D eigenvalue weighted by atomic mass is 9.66. The minimum absolute atomic E-state index is 0.0581. The van der Waals surface area contributed by atoms with E-state index in [2.05, 4.69) is 0 Å². The van der Waals surface area contributed by atoms with Crippen molar-refractivity contribution in [2.75, 3.05) is 13.2 Å². The number of fused-ring (bicyclic) bond motifs is 3. The first-order valence-electron chi connectivity index (χ1n) is 8.50. The summed E-state index contributed by atoms with van der Waals surface area (Å²) in [6.45, 7) is 5.86. The maximum absolute atomic E-state index is 13.2.